The molecule has 0 amide bonds. The van der Waals surface area contributed by atoms with Crippen LogP contribution in [0.15, 0.2) is 34.2 Å². The minimum Gasteiger partial charge on any atom is -0.377 e. The van der Waals surface area contributed by atoms with Gasteiger partial charge >= 0.3 is 0 Å². The van der Waals surface area contributed by atoms with E-state index in [1.165, 1.54) is 0 Å². The van der Waals surface area contributed by atoms with Crippen LogP contribution in [0.1, 0.15) is 45.6 Å². The number of sulfonamides is 1. The molecule has 2 N–H and O–H groups in total. The molecule has 7 nitrogen and oxygen atoms in total. The van der Waals surface area contributed by atoms with E-state index >= 15 is 0 Å². The van der Waals surface area contributed by atoms with Crippen LogP contribution in [0.5, 0.6) is 0 Å². The Bertz CT molecular complexity index is 745. The van der Waals surface area contributed by atoms with E-state index in [4.69, 9.17) is 4.74 Å². The van der Waals surface area contributed by atoms with Crippen LogP contribution in [0.4, 0.5) is 0 Å². The number of guanidine groups is 1. The first-order chi connectivity index (χ1) is 13.3. The lowest BCUT2D eigenvalue weighted by atomic mass is 10.1. The Morgan fingerprint density at radius 1 is 1.14 bits per heavy atom. The molecule has 166 valence electrons. The number of hydrogen-bond acceptors (Lipinski definition) is 4. The topological polar surface area (TPSA) is 83.0 Å². The SMILES string of the molecule is CCNC(=NCc1ccc(S(=O)(=O)N2CCCCC2)cc1)NCC(C)(C)OC.I. The van der Waals surface area contributed by atoms with Crippen LogP contribution in [0, 0.1) is 0 Å². The van der Waals surface area contributed by atoms with E-state index in [0.29, 0.717) is 37.0 Å². The van der Waals surface area contributed by atoms with Gasteiger partial charge in [0.2, 0.25) is 10.0 Å². The zero-order valence-corrected chi connectivity index (χ0v) is 21.0. The second kappa shape index (κ2) is 12.1. The predicted octanol–water partition coefficient (Wildman–Crippen LogP) is 2.96. The minimum atomic E-state index is -3.39. The highest BCUT2D eigenvalue weighted by Crippen LogP contribution is 2.21. The quantitative estimate of drug-likeness (QED) is 0.302. The smallest absolute Gasteiger partial charge is 0.243 e. The highest BCUT2D eigenvalue weighted by Gasteiger charge is 2.25. The maximum absolute atomic E-state index is 12.7. The fraction of sp³-hybridized carbons (Fsp3) is 0.650. The highest BCUT2D eigenvalue weighted by atomic mass is 127. The molecule has 1 saturated heterocycles. The number of hydrogen-bond donors (Lipinski definition) is 2. The molecule has 0 aliphatic carbocycles. The van der Waals surface area contributed by atoms with Gasteiger partial charge in [-0.2, -0.15) is 4.31 Å². The van der Waals surface area contributed by atoms with Gasteiger partial charge in [0.1, 0.15) is 0 Å². The first-order valence-corrected chi connectivity index (χ1v) is 11.4. The summed E-state index contributed by atoms with van der Waals surface area (Å²) in [7, 11) is -1.70. The van der Waals surface area contributed by atoms with Crippen LogP contribution in [0.3, 0.4) is 0 Å². The van der Waals surface area contributed by atoms with Gasteiger partial charge in [-0.1, -0.05) is 18.6 Å². The fourth-order valence-corrected chi connectivity index (χ4v) is 4.42. The van der Waals surface area contributed by atoms with E-state index in [1.54, 1.807) is 23.5 Å². The van der Waals surface area contributed by atoms with Gasteiger partial charge in [0.25, 0.3) is 0 Å². The summed E-state index contributed by atoms with van der Waals surface area (Å²) < 4.78 is 32.5. The Balaban J connectivity index is 0.00000420. The second-order valence-electron chi connectivity index (χ2n) is 7.62. The molecule has 0 spiro atoms. The molecule has 1 heterocycles. The van der Waals surface area contributed by atoms with Gasteiger partial charge in [-0.3, -0.25) is 0 Å². The van der Waals surface area contributed by atoms with Crippen molar-refractivity contribution in [2.24, 2.45) is 4.99 Å². The predicted molar refractivity (Wildman–Crippen MR) is 128 cm³/mol. The van der Waals surface area contributed by atoms with Gasteiger partial charge in [0.15, 0.2) is 5.96 Å². The summed E-state index contributed by atoms with van der Waals surface area (Å²) >= 11 is 0. The van der Waals surface area contributed by atoms with Crippen molar-refractivity contribution in [1.29, 1.82) is 0 Å². The summed E-state index contributed by atoms with van der Waals surface area (Å²) in [5, 5.41) is 6.48. The summed E-state index contributed by atoms with van der Waals surface area (Å²) in [4.78, 5) is 4.94. The molecular formula is C20H35IN4O3S. The largest absolute Gasteiger partial charge is 0.377 e. The molecule has 2 rings (SSSR count). The minimum absolute atomic E-state index is 0. The summed E-state index contributed by atoms with van der Waals surface area (Å²) in [6.45, 7) is 9.10. The standard InChI is InChI=1S/C20H34N4O3S.HI/c1-5-21-19(23-16-20(2,3)27-4)22-15-17-9-11-18(12-10-17)28(25,26)24-13-7-6-8-14-24;/h9-12H,5-8,13-16H2,1-4H3,(H2,21,22,23);1H. The number of nitrogens with one attached hydrogen (secondary N) is 2. The van der Waals surface area contributed by atoms with Gasteiger partial charge in [-0.25, -0.2) is 13.4 Å². The second-order valence-corrected chi connectivity index (χ2v) is 9.56. The lowest BCUT2D eigenvalue weighted by Gasteiger charge is -2.25. The van der Waals surface area contributed by atoms with E-state index in [9.17, 15) is 8.42 Å². The van der Waals surface area contributed by atoms with E-state index < -0.39 is 10.0 Å². The Morgan fingerprint density at radius 3 is 2.31 bits per heavy atom. The van der Waals surface area contributed by atoms with E-state index in [2.05, 4.69) is 15.6 Å². The normalized spacial score (nSPS) is 16.2. The molecule has 0 atom stereocenters. The fourth-order valence-electron chi connectivity index (χ4n) is 2.90. The lowest BCUT2D eigenvalue weighted by Crippen LogP contribution is -2.45. The summed E-state index contributed by atoms with van der Waals surface area (Å²) in [6.07, 6.45) is 2.98. The maximum Gasteiger partial charge on any atom is 0.243 e. The molecule has 1 aromatic rings. The van der Waals surface area contributed by atoms with Crippen molar-refractivity contribution in [2.45, 2.75) is 57.1 Å². The number of halogens is 1. The van der Waals surface area contributed by atoms with Crippen LogP contribution >= 0.6 is 24.0 Å². The Kier molecular flexibility index (Phi) is 10.9. The molecule has 1 aromatic carbocycles. The lowest BCUT2D eigenvalue weighted by molar-refractivity contribution is 0.0268. The number of piperidine rings is 1. The summed E-state index contributed by atoms with van der Waals surface area (Å²) in [5.74, 6) is 0.706. The molecule has 1 aliphatic heterocycles. The maximum atomic E-state index is 12.7. The third kappa shape index (κ3) is 8.03. The average molecular weight is 538 g/mol. The summed E-state index contributed by atoms with van der Waals surface area (Å²) in [6, 6.07) is 7.04. The van der Waals surface area contributed by atoms with Crippen LogP contribution in [-0.2, 0) is 21.3 Å². The van der Waals surface area contributed by atoms with Crippen LogP contribution < -0.4 is 10.6 Å². The summed E-state index contributed by atoms with van der Waals surface area (Å²) in [5.41, 5.74) is 0.668. The number of nitrogens with zero attached hydrogens (tertiary/aromatic N) is 2. The van der Waals surface area contributed by atoms with E-state index in [-0.39, 0.29) is 29.6 Å². The molecular weight excluding hydrogens is 503 g/mol. The zero-order chi connectivity index (χ0) is 20.6. The van der Waals surface area contributed by atoms with Crippen molar-refractivity contribution in [2.75, 3.05) is 33.3 Å². The van der Waals surface area contributed by atoms with Gasteiger partial charge < -0.3 is 15.4 Å². The van der Waals surface area contributed by atoms with Gasteiger partial charge in [-0.15, -0.1) is 24.0 Å². The third-order valence-corrected chi connectivity index (χ3v) is 6.79. The monoisotopic (exact) mass is 538 g/mol. The third-order valence-electron chi connectivity index (χ3n) is 4.87. The molecule has 0 unspecified atom stereocenters. The Morgan fingerprint density at radius 2 is 1.76 bits per heavy atom. The van der Waals surface area contributed by atoms with Crippen molar-refractivity contribution < 1.29 is 13.2 Å². The van der Waals surface area contributed by atoms with Crippen LogP contribution in [-0.4, -0.2) is 57.6 Å². The van der Waals surface area contributed by atoms with E-state index in [1.807, 2.05) is 32.9 Å². The number of benzene rings is 1. The molecule has 0 bridgehead atoms. The number of rotatable bonds is 8. The first-order valence-electron chi connectivity index (χ1n) is 9.95. The van der Waals surface area contributed by atoms with Gasteiger partial charge in [0, 0.05) is 33.3 Å². The number of ether oxygens (including phenoxy) is 1. The molecule has 0 saturated carbocycles. The van der Waals surface area contributed by atoms with Crippen molar-refractivity contribution in [3.63, 3.8) is 0 Å². The average Bonchev–Trinajstić information content (AvgIpc) is 2.71. The van der Waals surface area contributed by atoms with Crippen molar-refractivity contribution in [1.82, 2.24) is 14.9 Å². The van der Waals surface area contributed by atoms with Crippen molar-refractivity contribution >= 4 is 40.0 Å². The van der Waals surface area contributed by atoms with Crippen LogP contribution in [0.2, 0.25) is 0 Å². The molecule has 29 heavy (non-hydrogen) atoms. The highest BCUT2D eigenvalue weighted by molar-refractivity contribution is 14.0. The van der Waals surface area contributed by atoms with Gasteiger partial charge in [0.05, 0.1) is 17.0 Å². The Hall–Kier alpha value is -0.910. The molecule has 0 aromatic heterocycles. The van der Waals surface area contributed by atoms with Crippen LogP contribution in [0.25, 0.3) is 0 Å². The number of methoxy groups -OCH3 is 1. The van der Waals surface area contributed by atoms with E-state index in [0.717, 1.165) is 31.4 Å². The first kappa shape index (κ1) is 26.1. The van der Waals surface area contributed by atoms with Gasteiger partial charge in [-0.05, 0) is 51.3 Å². The molecule has 1 aliphatic rings. The molecule has 1 fully saturated rings. The molecule has 0 radical (unpaired) electrons. The number of aliphatic imine (C=N–C) groups is 1. The zero-order valence-electron chi connectivity index (χ0n) is 17.9. The van der Waals surface area contributed by atoms with Crippen molar-refractivity contribution in [3.8, 4) is 0 Å². The molecule has 9 heteroatoms. The van der Waals surface area contributed by atoms with Crippen molar-refractivity contribution in [3.05, 3.63) is 29.8 Å². The Labute approximate surface area is 192 Å².